The number of benzene rings is 1. The molecule has 2 aromatic rings. The van der Waals surface area contributed by atoms with Gasteiger partial charge in [-0.3, -0.25) is 4.79 Å². The van der Waals surface area contributed by atoms with Crippen LogP contribution >= 0.6 is 23.4 Å². The fraction of sp³-hybridized carbons (Fsp3) is 0.333. The second-order valence-electron chi connectivity index (χ2n) is 5.54. The van der Waals surface area contributed by atoms with Gasteiger partial charge in [-0.25, -0.2) is 4.98 Å². The number of fused-ring (bicyclic) bond motifs is 1. The zero-order valence-electron chi connectivity index (χ0n) is 13.8. The van der Waals surface area contributed by atoms with Crippen LogP contribution in [0.25, 0.3) is 0 Å². The normalized spacial score (nSPS) is 16.2. The number of halogens is 1. The summed E-state index contributed by atoms with van der Waals surface area (Å²) >= 11 is 7.91. The second-order valence-corrected chi connectivity index (χ2v) is 7.12. The number of aromatic nitrogens is 1. The molecule has 0 fully saturated rings. The molecule has 1 aliphatic heterocycles. The summed E-state index contributed by atoms with van der Waals surface area (Å²) in [6.45, 7) is 0.773. The number of carbonyl (C=O) groups excluding carboxylic acids is 1. The molecule has 7 heteroatoms. The van der Waals surface area contributed by atoms with Crippen LogP contribution < -0.4 is 10.1 Å². The Bertz CT molecular complexity index is 757. The minimum atomic E-state index is -0.205. The Hall–Kier alpha value is -1.76. The van der Waals surface area contributed by atoms with Gasteiger partial charge in [0, 0.05) is 29.0 Å². The van der Waals surface area contributed by atoms with Gasteiger partial charge in [-0.15, -0.1) is 11.8 Å². The monoisotopic (exact) mass is 378 g/mol. The van der Waals surface area contributed by atoms with Gasteiger partial charge < -0.3 is 14.8 Å². The fourth-order valence-corrected chi connectivity index (χ4v) is 3.94. The van der Waals surface area contributed by atoms with E-state index in [2.05, 4.69) is 10.3 Å². The van der Waals surface area contributed by atoms with Crippen molar-refractivity contribution in [3.05, 3.63) is 52.7 Å². The van der Waals surface area contributed by atoms with Gasteiger partial charge in [0.2, 0.25) is 5.88 Å². The van der Waals surface area contributed by atoms with Crippen LogP contribution in [0.1, 0.15) is 28.4 Å². The zero-order valence-corrected chi connectivity index (χ0v) is 15.4. The molecule has 1 N–H and O–H groups in total. The number of nitrogens with zero attached hydrogens (tertiary/aromatic N) is 1. The summed E-state index contributed by atoms with van der Waals surface area (Å²) in [7, 11) is 1.60. The number of pyridine rings is 1. The number of rotatable bonds is 6. The molecule has 25 heavy (non-hydrogen) atoms. The van der Waals surface area contributed by atoms with Gasteiger partial charge in [-0.2, -0.15) is 0 Å². The summed E-state index contributed by atoms with van der Waals surface area (Å²) in [5.74, 6) is 1.06. The smallest absolute Gasteiger partial charge is 0.257 e. The summed E-state index contributed by atoms with van der Waals surface area (Å²) in [4.78, 5) is 18.1. The summed E-state index contributed by atoms with van der Waals surface area (Å²) in [6, 6.07) is 9.16. The first-order valence-corrected chi connectivity index (χ1v) is 9.35. The Kier molecular flexibility index (Phi) is 6.18. The lowest BCUT2D eigenvalue weighted by Crippen LogP contribution is -2.31. The summed E-state index contributed by atoms with van der Waals surface area (Å²) in [5, 5.41) is 3.76. The molecule has 1 unspecified atom stereocenters. The lowest BCUT2D eigenvalue weighted by Gasteiger charge is -2.26. The van der Waals surface area contributed by atoms with Gasteiger partial charge in [0.15, 0.2) is 0 Å². The van der Waals surface area contributed by atoms with E-state index in [-0.39, 0.29) is 11.9 Å². The van der Waals surface area contributed by atoms with E-state index in [0.717, 1.165) is 22.6 Å². The zero-order chi connectivity index (χ0) is 17.6. The van der Waals surface area contributed by atoms with Crippen LogP contribution in [0, 0.1) is 0 Å². The molecule has 1 atom stereocenters. The number of amides is 1. The predicted molar refractivity (Wildman–Crippen MR) is 98.6 cm³/mol. The van der Waals surface area contributed by atoms with Crippen LogP contribution in [0.3, 0.4) is 0 Å². The van der Waals surface area contributed by atoms with Crippen LogP contribution in [-0.2, 0) is 4.74 Å². The summed E-state index contributed by atoms with van der Waals surface area (Å²) < 4.78 is 10.5. The number of nitrogens with one attached hydrogen (secondary N) is 1. The molecule has 1 amide bonds. The number of hydrogen-bond acceptors (Lipinski definition) is 5. The van der Waals surface area contributed by atoms with E-state index in [1.807, 2.05) is 18.2 Å². The SMILES string of the molecule is COCCOc1ncccc1C(=O)NC1CCSc2ccc(Cl)cc21. The van der Waals surface area contributed by atoms with Gasteiger partial charge in [-0.1, -0.05) is 11.6 Å². The number of thioether (sulfide) groups is 1. The van der Waals surface area contributed by atoms with Crippen molar-refractivity contribution in [1.29, 1.82) is 0 Å². The molecule has 5 nitrogen and oxygen atoms in total. The standard InChI is InChI=1S/C18H19ClN2O3S/c1-23-8-9-24-18-13(3-2-7-20-18)17(22)21-15-6-10-25-16-5-4-12(19)11-14(15)16/h2-5,7,11,15H,6,8-10H2,1H3,(H,21,22). The Labute approximate surface area is 156 Å². The minimum Gasteiger partial charge on any atom is -0.475 e. The van der Waals surface area contributed by atoms with E-state index in [1.165, 1.54) is 0 Å². The topological polar surface area (TPSA) is 60.5 Å². The van der Waals surface area contributed by atoms with Crippen molar-refractivity contribution >= 4 is 29.3 Å². The maximum absolute atomic E-state index is 12.8. The highest BCUT2D eigenvalue weighted by Gasteiger charge is 2.24. The van der Waals surface area contributed by atoms with E-state index in [4.69, 9.17) is 21.1 Å². The number of methoxy groups -OCH3 is 1. The molecule has 1 aliphatic rings. The molecule has 0 saturated heterocycles. The molecule has 132 valence electrons. The minimum absolute atomic E-state index is 0.0746. The number of hydrogen-bond donors (Lipinski definition) is 1. The van der Waals surface area contributed by atoms with Crippen LogP contribution in [0.5, 0.6) is 5.88 Å². The van der Waals surface area contributed by atoms with Crippen LogP contribution in [0.2, 0.25) is 5.02 Å². The maximum atomic E-state index is 12.8. The Morgan fingerprint density at radius 1 is 1.40 bits per heavy atom. The Morgan fingerprint density at radius 3 is 3.12 bits per heavy atom. The van der Waals surface area contributed by atoms with E-state index >= 15 is 0 Å². The third-order valence-corrected chi connectivity index (χ3v) is 5.22. The van der Waals surface area contributed by atoms with E-state index < -0.39 is 0 Å². The van der Waals surface area contributed by atoms with Crippen molar-refractivity contribution in [2.45, 2.75) is 17.4 Å². The third kappa shape index (κ3) is 4.45. The van der Waals surface area contributed by atoms with Gasteiger partial charge in [0.25, 0.3) is 5.91 Å². The van der Waals surface area contributed by atoms with Gasteiger partial charge in [-0.05, 0) is 42.3 Å². The van der Waals surface area contributed by atoms with Gasteiger partial charge in [0.05, 0.1) is 12.6 Å². The molecule has 1 aromatic heterocycles. The van der Waals surface area contributed by atoms with Crippen molar-refractivity contribution in [3.8, 4) is 5.88 Å². The highest BCUT2D eigenvalue weighted by atomic mass is 35.5. The van der Waals surface area contributed by atoms with Crippen molar-refractivity contribution < 1.29 is 14.3 Å². The lowest BCUT2D eigenvalue weighted by atomic mass is 10.0. The largest absolute Gasteiger partial charge is 0.475 e. The lowest BCUT2D eigenvalue weighted by molar-refractivity contribution is 0.0925. The predicted octanol–water partition coefficient (Wildman–Crippen LogP) is 3.73. The third-order valence-electron chi connectivity index (χ3n) is 3.86. The van der Waals surface area contributed by atoms with Gasteiger partial charge >= 0.3 is 0 Å². The first-order valence-electron chi connectivity index (χ1n) is 7.99. The highest BCUT2D eigenvalue weighted by Crippen LogP contribution is 2.37. The number of ether oxygens (including phenoxy) is 2. The van der Waals surface area contributed by atoms with Crippen LogP contribution in [-0.4, -0.2) is 37.0 Å². The fourth-order valence-electron chi connectivity index (χ4n) is 2.65. The first-order chi connectivity index (χ1) is 12.2. The Morgan fingerprint density at radius 2 is 2.28 bits per heavy atom. The molecule has 0 spiro atoms. The molecule has 2 heterocycles. The molecular weight excluding hydrogens is 360 g/mol. The van der Waals surface area contributed by atoms with Crippen molar-refractivity contribution in [2.75, 3.05) is 26.1 Å². The first kappa shape index (κ1) is 18.0. The molecule has 3 rings (SSSR count). The second kappa shape index (κ2) is 8.56. The average molecular weight is 379 g/mol. The van der Waals surface area contributed by atoms with Crippen molar-refractivity contribution in [2.24, 2.45) is 0 Å². The molecule has 1 aromatic carbocycles. The summed E-state index contributed by atoms with van der Waals surface area (Å²) in [6.07, 6.45) is 2.45. The Balaban J connectivity index is 1.77. The highest BCUT2D eigenvalue weighted by molar-refractivity contribution is 7.99. The van der Waals surface area contributed by atoms with Crippen molar-refractivity contribution in [3.63, 3.8) is 0 Å². The molecule has 0 aliphatic carbocycles. The number of carbonyl (C=O) groups is 1. The van der Waals surface area contributed by atoms with E-state index in [9.17, 15) is 4.79 Å². The average Bonchev–Trinajstić information content (AvgIpc) is 2.63. The van der Waals surface area contributed by atoms with E-state index in [0.29, 0.717) is 29.7 Å². The van der Waals surface area contributed by atoms with Crippen LogP contribution in [0.4, 0.5) is 0 Å². The van der Waals surface area contributed by atoms with Gasteiger partial charge in [0.1, 0.15) is 12.2 Å². The quantitative estimate of drug-likeness (QED) is 0.776. The molecule has 0 bridgehead atoms. The van der Waals surface area contributed by atoms with Crippen LogP contribution in [0.15, 0.2) is 41.4 Å². The van der Waals surface area contributed by atoms with E-state index in [1.54, 1.807) is 37.2 Å². The van der Waals surface area contributed by atoms with Crippen molar-refractivity contribution in [1.82, 2.24) is 10.3 Å². The molecule has 0 saturated carbocycles. The molecule has 0 radical (unpaired) electrons. The molecular formula is C18H19ClN2O3S. The maximum Gasteiger partial charge on any atom is 0.257 e. The summed E-state index contributed by atoms with van der Waals surface area (Å²) in [5.41, 5.74) is 1.48.